The number of pyridine rings is 1. The van der Waals surface area contributed by atoms with Crippen molar-refractivity contribution in [1.82, 2.24) is 14.8 Å². The van der Waals surface area contributed by atoms with E-state index in [0.717, 1.165) is 10.9 Å². The van der Waals surface area contributed by atoms with Crippen LogP contribution in [0, 0.1) is 6.92 Å². The summed E-state index contributed by atoms with van der Waals surface area (Å²) in [6.07, 6.45) is 1.35. The van der Waals surface area contributed by atoms with Crippen molar-refractivity contribution in [3.63, 3.8) is 0 Å². The van der Waals surface area contributed by atoms with Crippen molar-refractivity contribution in [2.45, 2.75) is 13.8 Å². The Labute approximate surface area is 195 Å². The van der Waals surface area contributed by atoms with Crippen molar-refractivity contribution in [2.75, 3.05) is 19.0 Å². The maximum absolute atomic E-state index is 12.9. The average Bonchev–Trinajstić information content (AvgIpc) is 3.22. The van der Waals surface area contributed by atoms with E-state index in [1.54, 1.807) is 38.3 Å². The molecule has 0 atom stereocenters. The molecule has 1 N–H and O–H groups in total. The van der Waals surface area contributed by atoms with Gasteiger partial charge in [0.1, 0.15) is 16.8 Å². The zero-order valence-electron chi connectivity index (χ0n) is 18.3. The molecule has 2 aromatic carbocycles. The van der Waals surface area contributed by atoms with Crippen LogP contribution in [0.5, 0.6) is 5.75 Å². The van der Waals surface area contributed by atoms with Crippen LogP contribution in [0.4, 0.5) is 5.82 Å². The molecule has 9 heteroatoms. The predicted octanol–water partition coefficient (Wildman–Crippen LogP) is 4.82. The topological polar surface area (TPSA) is 95.3 Å². The molecule has 0 radical (unpaired) electrons. The van der Waals surface area contributed by atoms with Gasteiger partial charge in [0, 0.05) is 16.0 Å². The monoisotopic (exact) mass is 464 g/mol. The predicted molar refractivity (Wildman–Crippen MR) is 126 cm³/mol. The molecule has 0 aliphatic carbocycles. The highest BCUT2D eigenvalue weighted by Crippen LogP contribution is 2.29. The van der Waals surface area contributed by atoms with Crippen LogP contribution in [0.1, 0.15) is 33.2 Å². The molecular weight excluding hydrogens is 444 g/mol. The fourth-order valence-electron chi connectivity index (χ4n) is 3.43. The van der Waals surface area contributed by atoms with Crippen LogP contribution < -0.4 is 10.1 Å². The number of anilines is 1. The van der Waals surface area contributed by atoms with Gasteiger partial charge in [-0.25, -0.2) is 9.78 Å². The third-order valence-corrected chi connectivity index (χ3v) is 5.29. The van der Waals surface area contributed by atoms with Gasteiger partial charge in [-0.2, -0.15) is 9.78 Å². The first-order valence-electron chi connectivity index (χ1n) is 10.2. The van der Waals surface area contributed by atoms with Crippen molar-refractivity contribution in [3.05, 3.63) is 76.4 Å². The Bertz CT molecular complexity index is 1350. The van der Waals surface area contributed by atoms with Gasteiger partial charge >= 0.3 is 5.97 Å². The minimum atomic E-state index is -0.606. The lowest BCUT2D eigenvalue weighted by Crippen LogP contribution is -2.18. The molecule has 33 heavy (non-hydrogen) atoms. The number of fused-ring (bicyclic) bond motifs is 1. The van der Waals surface area contributed by atoms with E-state index in [2.05, 4.69) is 10.4 Å². The number of benzene rings is 2. The first kappa shape index (κ1) is 22.3. The van der Waals surface area contributed by atoms with Gasteiger partial charge in [-0.15, -0.1) is 0 Å². The minimum absolute atomic E-state index is 0.110. The summed E-state index contributed by atoms with van der Waals surface area (Å²) in [4.78, 5) is 30.2. The lowest BCUT2D eigenvalue weighted by atomic mass is 10.1. The molecule has 0 aliphatic rings. The summed E-state index contributed by atoms with van der Waals surface area (Å²) in [5, 5.41) is 8.53. The number of aryl methyl sites for hydroxylation is 1. The van der Waals surface area contributed by atoms with Crippen LogP contribution in [-0.2, 0) is 4.74 Å². The highest BCUT2D eigenvalue weighted by molar-refractivity contribution is 6.30. The van der Waals surface area contributed by atoms with E-state index in [-0.39, 0.29) is 18.0 Å². The maximum Gasteiger partial charge on any atom is 0.343 e. The van der Waals surface area contributed by atoms with Crippen molar-refractivity contribution in [2.24, 2.45) is 0 Å². The number of hydrogen-bond acceptors (Lipinski definition) is 6. The van der Waals surface area contributed by atoms with Crippen LogP contribution in [0.3, 0.4) is 0 Å². The van der Waals surface area contributed by atoms with Gasteiger partial charge in [0.15, 0.2) is 11.6 Å². The molecule has 2 aromatic heterocycles. The zero-order chi connectivity index (χ0) is 23.5. The van der Waals surface area contributed by atoms with E-state index >= 15 is 0 Å². The summed E-state index contributed by atoms with van der Waals surface area (Å²) in [6.45, 7) is 3.82. The summed E-state index contributed by atoms with van der Waals surface area (Å²) in [5.41, 5.74) is 2.04. The number of amides is 1. The summed E-state index contributed by atoms with van der Waals surface area (Å²) in [6, 6.07) is 13.9. The maximum atomic E-state index is 12.9. The SMILES string of the molecule is CCOC(=O)c1cnn(-c2cc(C)c3cccc(OC)c3n2)c1NC(=O)c1ccc(Cl)cc1. The van der Waals surface area contributed by atoms with Gasteiger partial charge in [-0.1, -0.05) is 23.7 Å². The standard InChI is InChI=1S/C24H21ClN4O4/c1-4-33-24(31)18-13-26-29(22(18)28-23(30)15-8-10-16(25)11-9-15)20-12-14(2)17-6-5-7-19(32-3)21(17)27-20/h5-13H,4H2,1-3H3,(H,28,30). The Hall–Kier alpha value is -3.91. The number of methoxy groups -OCH3 is 1. The molecule has 0 saturated heterocycles. The van der Waals surface area contributed by atoms with E-state index in [0.29, 0.717) is 27.7 Å². The number of esters is 1. The zero-order valence-corrected chi connectivity index (χ0v) is 19.0. The number of ether oxygens (including phenoxy) is 2. The van der Waals surface area contributed by atoms with E-state index in [9.17, 15) is 9.59 Å². The molecule has 1 amide bonds. The van der Waals surface area contributed by atoms with Crippen molar-refractivity contribution in [3.8, 4) is 11.6 Å². The molecule has 168 valence electrons. The molecule has 8 nitrogen and oxygen atoms in total. The van der Waals surface area contributed by atoms with Gasteiger partial charge in [-0.3, -0.25) is 4.79 Å². The van der Waals surface area contributed by atoms with Gasteiger partial charge in [-0.05, 0) is 55.8 Å². The van der Waals surface area contributed by atoms with Gasteiger partial charge in [0.2, 0.25) is 0 Å². The van der Waals surface area contributed by atoms with Crippen molar-refractivity contribution >= 4 is 40.2 Å². The molecule has 4 aromatic rings. The lowest BCUT2D eigenvalue weighted by molar-refractivity contribution is 0.0527. The van der Waals surface area contributed by atoms with E-state index in [1.165, 1.54) is 10.9 Å². The Morgan fingerprint density at radius 1 is 1.15 bits per heavy atom. The van der Waals surface area contributed by atoms with E-state index in [4.69, 9.17) is 26.1 Å². The average molecular weight is 465 g/mol. The number of nitrogens with one attached hydrogen (secondary N) is 1. The Balaban J connectivity index is 1.84. The summed E-state index contributed by atoms with van der Waals surface area (Å²) in [7, 11) is 1.57. The Morgan fingerprint density at radius 2 is 1.91 bits per heavy atom. The number of halogens is 1. The first-order valence-corrected chi connectivity index (χ1v) is 10.6. The van der Waals surface area contributed by atoms with Crippen molar-refractivity contribution < 1.29 is 19.1 Å². The summed E-state index contributed by atoms with van der Waals surface area (Å²) >= 11 is 5.93. The van der Waals surface area contributed by atoms with Crippen LogP contribution >= 0.6 is 11.6 Å². The normalized spacial score (nSPS) is 10.8. The molecule has 0 saturated carbocycles. The Kier molecular flexibility index (Phi) is 6.28. The number of para-hydroxylation sites is 1. The number of aromatic nitrogens is 3. The number of carbonyl (C=O) groups is 2. The Morgan fingerprint density at radius 3 is 2.61 bits per heavy atom. The second kappa shape index (κ2) is 9.30. The third kappa shape index (κ3) is 4.38. The summed E-state index contributed by atoms with van der Waals surface area (Å²) in [5.74, 6) is 0.113. The summed E-state index contributed by atoms with van der Waals surface area (Å²) < 4.78 is 12.0. The largest absolute Gasteiger partial charge is 0.494 e. The first-order chi connectivity index (χ1) is 15.9. The number of carbonyl (C=O) groups excluding carboxylic acids is 2. The van der Waals surface area contributed by atoms with E-state index < -0.39 is 11.9 Å². The number of rotatable bonds is 6. The van der Waals surface area contributed by atoms with Crippen molar-refractivity contribution in [1.29, 1.82) is 0 Å². The van der Waals surface area contributed by atoms with E-state index in [1.807, 2.05) is 31.2 Å². The molecule has 0 unspecified atom stereocenters. The molecule has 2 heterocycles. The third-order valence-electron chi connectivity index (χ3n) is 5.04. The van der Waals surface area contributed by atoms with Crippen LogP contribution in [0.2, 0.25) is 5.02 Å². The smallest absolute Gasteiger partial charge is 0.343 e. The fourth-order valence-corrected chi connectivity index (χ4v) is 3.55. The number of hydrogen-bond donors (Lipinski definition) is 1. The van der Waals surface area contributed by atoms with Crippen LogP contribution in [0.15, 0.2) is 54.7 Å². The molecule has 0 aliphatic heterocycles. The molecular formula is C24H21ClN4O4. The number of nitrogens with zero attached hydrogens (tertiary/aromatic N) is 3. The highest BCUT2D eigenvalue weighted by atomic mass is 35.5. The molecule has 0 bridgehead atoms. The lowest BCUT2D eigenvalue weighted by Gasteiger charge is -2.13. The highest BCUT2D eigenvalue weighted by Gasteiger charge is 2.23. The fraction of sp³-hybridized carbons (Fsp3) is 0.167. The molecule has 0 fully saturated rings. The van der Waals surface area contributed by atoms with Gasteiger partial charge in [0.05, 0.1) is 19.9 Å². The second-order valence-corrected chi connectivity index (χ2v) is 7.59. The second-order valence-electron chi connectivity index (χ2n) is 7.15. The van der Waals surface area contributed by atoms with Crippen LogP contribution in [0.25, 0.3) is 16.7 Å². The van der Waals surface area contributed by atoms with Gasteiger partial charge < -0.3 is 14.8 Å². The molecule has 4 rings (SSSR count). The van der Waals surface area contributed by atoms with Crippen LogP contribution in [-0.4, -0.2) is 40.4 Å². The minimum Gasteiger partial charge on any atom is -0.494 e. The van der Waals surface area contributed by atoms with Gasteiger partial charge in [0.25, 0.3) is 5.91 Å². The quantitative estimate of drug-likeness (QED) is 0.411. The molecule has 0 spiro atoms.